The monoisotopic (exact) mass is 472 g/mol. The van der Waals surface area contributed by atoms with E-state index in [-0.39, 0.29) is 29.4 Å². The molecule has 1 aliphatic heterocycles. The molecule has 1 fully saturated rings. The summed E-state index contributed by atoms with van der Waals surface area (Å²) < 4.78 is 0. The first kappa shape index (κ1) is 23.2. The molecule has 1 heterocycles. The fraction of sp³-hybridized carbons (Fsp3) is 0.667. The highest BCUT2D eigenvalue weighted by molar-refractivity contribution is 14.0. The summed E-state index contributed by atoms with van der Waals surface area (Å²) in [4.78, 5) is 6.98. The van der Waals surface area contributed by atoms with E-state index in [9.17, 15) is 0 Å². The predicted molar refractivity (Wildman–Crippen MR) is 124 cm³/mol. The van der Waals surface area contributed by atoms with Crippen LogP contribution in [0, 0.1) is 5.41 Å². The van der Waals surface area contributed by atoms with E-state index >= 15 is 0 Å². The summed E-state index contributed by atoms with van der Waals surface area (Å²) >= 11 is 0. The molecule has 0 bridgehead atoms. The number of nitrogens with zero attached hydrogens (tertiary/aromatic N) is 2. The number of nitrogens with one attached hydrogen (secondary N) is 2. The van der Waals surface area contributed by atoms with Crippen LogP contribution >= 0.6 is 24.0 Å². The Morgan fingerprint density at radius 2 is 1.81 bits per heavy atom. The smallest absolute Gasteiger partial charge is 0.191 e. The lowest BCUT2D eigenvalue weighted by Gasteiger charge is -2.35. The molecule has 5 heteroatoms. The fourth-order valence-electron chi connectivity index (χ4n) is 3.48. The maximum atomic E-state index is 4.43. The van der Waals surface area contributed by atoms with Crippen LogP contribution in [-0.2, 0) is 6.42 Å². The lowest BCUT2D eigenvalue weighted by molar-refractivity contribution is 0.167. The van der Waals surface area contributed by atoms with Crippen molar-refractivity contribution in [3.8, 4) is 0 Å². The molecule has 0 amide bonds. The molecule has 1 saturated heterocycles. The first-order valence-corrected chi connectivity index (χ1v) is 9.65. The van der Waals surface area contributed by atoms with Crippen LogP contribution < -0.4 is 10.6 Å². The predicted octanol–water partition coefficient (Wildman–Crippen LogP) is 3.91. The Kier molecular flexibility index (Phi) is 9.93. The van der Waals surface area contributed by atoms with E-state index in [4.69, 9.17) is 0 Å². The van der Waals surface area contributed by atoms with Gasteiger partial charge in [0.1, 0.15) is 0 Å². The van der Waals surface area contributed by atoms with Crippen LogP contribution in [0.25, 0.3) is 0 Å². The molecule has 1 aromatic carbocycles. The summed E-state index contributed by atoms with van der Waals surface area (Å²) in [6, 6.07) is 11.9. The van der Waals surface area contributed by atoms with Crippen molar-refractivity contribution in [3.05, 3.63) is 35.9 Å². The maximum absolute atomic E-state index is 4.43. The van der Waals surface area contributed by atoms with Crippen molar-refractivity contribution in [3.63, 3.8) is 0 Å². The van der Waals surface area contributed by atoms with E-state index in [0.717, 1.165) is 18.9 Å². The van der Waals surface area contributed by atoms with Crippen molar-refractivity contribution >= 4 is 29.9 Å². The molecular weight excluding hydrogens is 435 g/mol. The van der Waals surface area contributed by atoms with E-state index in [1.807, 2.05) is 7.05 Å². The molecule has 26 heavy (non-hydrogen) atoms. The highest BCUT2D eigenvalue weighted by Gasteiger charge is 2.23. The largest absolute Gasteiger partial charge is 0.356 e. The maximum Gasteiger partial charge on any atom is 0.191 e. The molecule has 1 aromatic rings. The van der Waals surface area contributed by atoms with Gasteiger partial charge in [0.15, 0.2) is 5.96 Å². The average Bonchev–Trinajstić information content (AvgIpc) is 2.59. The molecule has 4 nitrogen and oxygen atoms in total. The Balaban J connectivity index is 0.00000338. The number of halogens is 1. The van der Waals surface area contributed by atoms with E-state index in [2.05, 4.69) is 78.6 Å². The van der Waals surface area contributed by atoms with Crippen molar-refractivity contribution in [2.24, 2.45) is 10.4 Å². The Labute approximate surface area is 177 Å². The lowest BCUT2D eigenvalue weighted by Crippen LogP contribution is -2.51. The quantitative estimate of drug-likeness (QED) is 0.375. The van der Waals surface area contributed by atoms with Crippen molar-refractivity contribution < 1.29 is 0 Å². The fourth-order valence-corrected chi connectivity index (χ4v) is 3.48. The molecule has 0 atom stereocenters. The van der Waals surface area contributed by atoms with Gasteiger partial charge >= 0.3 is 0 Å². The molecule has 2 N–H and O–H groups in total. The molecule has 0 aromatic heterocycles. The van der Waals surface area contributed by atoms with Crippen LogP contribution in [0.2, 0.25) is 0 Å². The number of aliphatic imine (C=N–C) groups is 1. The van der Waals surface area contributed by atoms with Crippen molar-refractivity contribution in [2.45, 2.75) is 59.0 Å². The number of guanidine groups is 1. The standard InChI is InChI=1S/C21H36N4.HI/c1-17(2)25-13-11-19(12-14-25)24-20(22-5)23-16-21(3,4)15-18-9-7-6-8-10-18;/h6-10,17,19H,11-16H2,1-5H3,(H2,22,23,24);1H. The number of hydrogen-bond acceptors (Lipinski definition) is 2. The summed E-state index contributed by atoms with van der Waals surface area (Å²) in [5, 5.41) is 7.15. The van der Waals surface area contributed by atoms with Gasteiger partial charge < -0.3 is 15.5 Å². The third-order valence-electron chi connectivity index (χ3n) is 5.08. The third kappa shape index (κ3) is 7.82. The molecule has 0 radical (unpaired) electrons. The molecular formula is C21H37IN4. The first-order valence-electron chi connectivity index (χ1n) is 9.65. The van der Waals surface area contributed by atoms with Crippen LogP contribution in [0.5, 0.6) is 0 Å². The summed E-state index contributed by atoms with van der Waals surface area (Å²) in [6.07, 6.45) is 3.43. The van der Waals surface area contributed by atoms with Gasteiger partial charge in [-0.1, -0.05) is 44.2 Å². The zero-order valence-corrected chi connectivity index (χ0v) is 19.4. The minimum absolute atomic E-state index is 0. The van der Waals surface area contributed by atoms with Crippen molar-refractivity contribution in [1.29, 1.82) is 0 Å². The zero-order valence-electron chi connectivity index (χ0n) is 17.1. The van der Waals surface area contributed by atoms with Crippen molar-refractivity contribution in [2.75, 3.05) is 26.7 Å². The van der Waals surface area contributed by atoms with Gasteiger partial charge in [-0.25, -0.2) is 0 Å². The number of rotatable bonds is 6. The number of likely N-dealkylation sites (tertiary alicyclic amines) is 1. The molecule has 148 valence electrons. The van der Waals surface area contributed by atoms with Gasteiger partial charge in [-0.05, 0) is 44.1 Å². The minimum atomic E-state index is 0. The Bertz CT molecular complexity index is 534. The van der Waals surface area contributed by atoms with Gasteiger partial charge in [0, 0.05) is 38.8 Å². The van der Waals surface area contributed by atoms with Crippen LogP contribution in [0.1, 0.15) is 46.1 Å². The first-order chi connectivity index (χ1) is 11.9. The Morgan fingerprint density at radius 3 is 2.35 bits per heavy atom. The van der Waals surface area contributed by atoms with Gasteiger partial charge in [0.2, 0.25) is 0 Å². The van der Waals surface area contributed by atoms with Gasteiger partial charge in [-0.15, -0.1) is 24.0 Å². The molecule has 0 aliphatic carbocycles. The number of piperidine rings is 1. The summed E-state index contributed by atoms with van der Waals surface area (Å²) in [7, 11) is 1.86. The van der Waals surface area contributed by atoms with Gasteiger partial charge in [-0.2, -0.15) is 0 Å². The molecule has 0 saturated carbocycles. The normalized spacial score (nSPS) is 17.1. The Hall–Kier alpha value is -0.820. The number of hydrogen-bond donors (Lipinski definition) is 2. The zero-order chi connectivity index (χ0) is 18.3. The molecule has 1 aliphatic rings. The third-order valence-corrected chi connectivity index (χ3v) is 5.08. The second-order valence-electron chi connectivity index (χ2n) is 8.30. The Morgan fingerprint density at radius 1 is 1.19 bits per heavy atom. The minimum Gasteiger partial charge on any atom is -0.356 e. The van der Waals surface area contributed by atoms with E-state index in [1.165, 1.54) is 31.5 Å². The second kappa shape index (κ2) is 11.1. The van der Waals surface area contributed by atoms with Gasteiger partial charge in [0.05, 0.1) is 0 Å². The van der Waals surface area contributed by atoms with Crippen LogP contribution in [0.4, 0.5) is 0 Å². The molecule has 0 spiro atoms. The van der Waals surface area contributed by atoms with Crippen LogP contribution in [0.3, 0.4) is 0 Å². The average molecular weight is 472 g/mol. The topological polar surface area (TPSA) is 39.7 Å². The molecule has 0 unspecified atom stereocenters. The summed E-state index contributed by atoms with van der Waals surface area (Å²) in [5.41, 5.74) is 1.57. The summed E-state index contributed by atoms with van der Waals surface area (Å²) in [6.45, 7) is 12.4. The number of benzene rings is 1. The second-order valence-corrected chi connectivity index (χ2v) is 8.30. The highest BCUT2D eigenvalue weighted by Crippen LogP contribution is 2.20. The van der Waals surface area contributed by atoms with Gasteiger partial charge in [-0.3, -0.25) is 4.99 Å². The SMILES string of the molecule is CN=C(NCC(C)(C)Cc1ccccc1)NC1CCN(C(C)C)CC1.I. The lowest BCUT2D eigenvalue weighted by atomic mass is 9.86. The highest BCUT2D eigenvalue weighted by atomic mass is 127. The van der Waals surface area contributed by atoms with Crippen LogP contribution in [-0.4, -0.2) is 49.6 Å². The van der Waals surface area contributed by atoms with Gasteiger partial charge in [0.25, 0.3) is 0 Å². The van der Waals surface area contributed by atoms with E-state index in [0.29, 0.717) is 12.1 Å². The van der Waals surface area contributed by atoms with Crippen LogP contribution in [0.15, 0.2) is 35.3 Å². The molecule has 2 rings (SSSR count). The summed E-state index contributed by atoms with van der Waals surface area (Å²) in [5.74, 6) is 0.934. The van der Waals surface area contributed by atoms with E-state index in [1.54, 1.807) is 0 Å². The van der Waals surface area contributed by atoms with E-state index < -0.39 is 0 Å². The van der Waals surface area contributed by atoms with Crippen molar-refractivity contribution in [1.82, 2.24) is 15.5 Å².